The largest absolute Gasteiger partial charge is 0.493 e. The molecule has 0 unspecified atom stereocenters. The fourth-order valence-electron chi connectivity index (χ4n) is 2.82. The van der Waals surface area contributed by atoms with Gasteiger partial charge in [0.2, 0.25) is 0 Å². The maximum Gasteiger partial charge on any atom is 0.167 e. The van der Waals surface area contributed by atoms with Gasteiger partial charge >= 0.3 is 0 Å². The van der Waals surface area contributed by atoms with Gasteiger partial charge in [0.15, 0.2) is 11.5 Å². The monoisotopic (exact) mass is 479 g/mol. The summed E-state index contributed by atoms with van der Waals surface area (Å²) in [5.74, 6) is 1.38. The van der Waals surface area contributed by atoms with Crippen LogP contribution in [0.2, 0.25) is 10.0 Å². The van der Waals surface area contributed by atoms with E-state index < -0.39 is 0 Å². The van der Waals surface area contributed by atoms with Gasteiger partial charge in [-0.25, -0.2) is 0 Å². The molecular weight excluding hydrogens is 461 g/mol. The van der Waals surface area contributed by atoms with Gasteiger partial charge in [0, 0.05) is 22.3 Å². The molecule has 1 N–H and O–H groups in total. The van der Waals surface area contributed by atoms with Crippen LogP contribution in [0.4, 0.5) is 5.69 Å². The number of halogens is 3. The molecule has 0 fully saturated rings. The van der Waals surface area contributed by atoms with Crippen molar-refractivity contribution >= 4 is 44.8 Å². The van der Waals surface area contributed by atoms with Crippen molar-refractivity contribution in [2.45, 2.75) is 20.1 Å². The van der Waals surface area contributed by atoms with Crippen molar-refractivity contribution in [3.63, 3.8) is 0 Å². The summed E-state index contributed by atoms with van der Waals surface area (Å²) in [6, 6.07) is 17.5. The average Bonchev–Trinajstić information content (AvgIpc) is 2.68. The van der Waals surface area contributed by atoms with Crippen LogP contribution in [0.1, 0.15) is 16.7 Å². The Balaban J connectivity index is 1.83. The molecule has 0 aromatic heterocycles. The average molecular weight is 481 g/mol. The molecule has 3 rings (SSSR count). The number of hydrogen-bond donors (Lipinski definition) is 1. The van der Waals surface area contributed by atoms with E-state index in [1.54, 1.807) is 19.2 Å². The van der Waals surface area contributed by atoms with Crippen molar-refractivity contribution < 1.29 is 9.47 Å². The molecule has 0 saturated carbocycles. The summed E-state index contributed by atoms with van der Waals surface area (Å²) in [6.45, 7) is 3.04. The van der Waals surface area contributed by atoms with E-state index in [0.717, 1.165) is 21.3 Å². The Bertz CT molecular complexity index is 979. The first-order valence-electron chi connectivity index (χ1n) is 8.70. The van der Waals surface area contributed by atoms with Gasteiger partial charge in [0.1, 0.15) is 6.61 Å². The second-order valence-corrected chi connectivity index (χ2v) is 7.99. The van der Waals surface area contributed by atoms with Gasteiger partial charge in [-0.1, -0.05) is 69.0 Å². The normalized spacial score (nSPS) is 10.6. The maximum atomic E-state index is 6.17. The van der Waals surface area contributed by atoms with Crippen LogP contribution in [-0.4, -0.2) is 7.11 Å². The van der Waals surface area contributed by atoms with Crippen molar-refractivity contribution in [3.8, 4) is 11.5 Å². The van der Waals surface area contributed by atoms with Crippen LogP contribution in [0.25, 0.3) is 0 Å². The predicted molar refractivity (Wildman–Crippen MR) is 120 cm³/mol. The van der Waals surface area contributed by atoms with Gasteiger partial charge < -0.3 is 14.8 Å². The molecule has 0 bridgehead atoms. The predicted octanol–water partition coefficient (Wildman–Crippen LogP) is 7.26. The lowest BCUT2D eigenvalue weighted by molar-refractivity contribution is 0.281. The lowest BCUT2D eigenvalue weighted by atomic mass is 10.1. The van der Waals surface area contributed by atoms with Crippen molar-refractivity contribution in [2.75, 3.05) is 12.4 Å². The summed E-state index contributed by atoms with van der Waals surface area (Å²) >= 11 is 15.7. The molecule has 0 amide bonds. The van der Waals surface area contributed by atoms with Gasteiger partial charge in [-0.05, 0) is 42.8 Å². The summed E-state index contributed by atoms with van der Waals surface area (Å²) in [6.07, 6.45) is 0. The van der Waals surface area contributed by atoms with Gasteiger partial charge in [-0.2, -0.15) is 0 Å². The summed E-state index contributed by atoms with van der Waals surface area (Å²) in [5, 5.41) is 4.39. The summed E-state index contributed by atoms with van der Waals surface area (Å²) < 4.78 is 12.6. The van der Waals surface area contributed by atoms with E-state index >= 15 is 0 Å². The standard InChI is InChI=1S/C22H20BrCl2NO2/c1-14-4-3-5-15(10-14)13-28-22-17(18(23)7-9-21(22)27-2)12-26-16-6-8-19(24)20(25)11-16/h3-11,26H,12-13H2,1-2H3. The molecule has 0 heterocycles. The van der Waals surface area contributed by atoms with Crippen LogP contribution < -0.4 is 14.8 Å². The quantitative estimate of drug-likeness (QED) is 0.385. The number of ether oxygens (including phenoxy) is 2. The van der Waals surface area contributed by atoms with E-state index in [-0.39, 0.29) is 0 Å². The number of benzene rings is 3. The third kappa shape index (κ3) is 5.13. The zero-order chi connectivity index (χ0) is 20.1. The number of hydrogen-bond acceptors (Lipinski definition) is 3. The molecule has 0 aliphatic carbocycles. The molecule has 0 aliphatic heterocycles. The Morgan fingerprint density at radius 1 is 1.00 bits per heavy atom. The van der Waals surface area contributed by atoms with Crippen molar-refractivity contribution in [2.24, 2.45) is 0 Å². The van der Waals surface area contributed by atoms with E-state index in [1.165, 1.54) is 5.56 Å². The van der Waals surface area contributed by atoms with Crippen LogP contribution in [0.3, 0.4) is 0 Å². The lowest BCUT2D eigenvalue weighted by Gasteiger charge is -2.18. The minimum atomic E-state index is 0.453. The Labute approximate surface area is 183 Å². The summed E-state index contributed by atoms with van der Waals surface area (Å²) in [5.41, 5.74) is 4.13. The molecule has 28 heavy (non-hydrogen) atoms. The number of nitrogens with one attached hydrogen (secondary N) is 1. The molecule has 6 heteroatoms. The first kappa shape index (κ1) is 20.8. The molecule has 3 aromatic rings. The van der Waals surface area contributed by atoms with Crippen molar-refractivity contribution in [1.29, 1.82) is 0 Å². The number of anilines is 1. The van der Waals surface area contributed by atoms with Gasteiger partial charge in [0.05, 0.1) is 17.2 Å². The van der Waals surface area contributed by atoms with Crippen LogP contribution in [0.15, 0.2) is 59.1 Å². The highest BCUT2D eigenvalue weighted by molar-refractivity contribution is 9.10. The summed E-state index contributed by atoms with van der Waals surface area (Å²) in [7, 11) is 1.64. The van der Waals surface area contributed by atoms with E-state index in [4.69, 9.17) is 32.7 Å². The minimum Gasteiger partial charge on any atom is -0.493 e. The van der Waals surface area contributed by atoms with E-state index in [1.807, 2.05) is 30.3 Å². The highest BCUT2D eigenvalue weighted by atomic mass is 79.9. The molecule has 0 aliphatic rings. The van der Waals surface area contributed by atoms with E-state index in [9.17, 15) is 0 Å². The number of methoxy groups -OCH3 is 1. The Hall–Kier alpha value is -1.88. The second-order valence-electron chi connectivity index (χ2n) is 6.32. The number of aryl methyl sites for hydroxylation is 1. The fraction of sp³-hybridized carbons (Fsp3) is 0.182. The van der Waals surface area contributed by atoms with Crippen LogP contribution in [0.5, 0.6) is 11.5 Å². The van der Waals surface area contributed by atoms with Crippen molar-refractivity contribution in [1.82, 2.24) is 0 Å². The van der Waals surface area contributed by atoms with Crippen LogP contribution in [-0.2, 0) is 13.2 Å². The second kappa shape index (κ2) is 9.55. The van der Waals surface area contributed by atoms with E-state index in [0.29, 0.717) is 34.7 Å². The van der Waals surface area contributed by atoms with Crippen LogP contribution in [0, 0.1) is 6.92 Å². The molecule has 146 valence electrons. The molecule has 0 saturated heterocycles. The van der Waals surface area contributed by atoms with Gasteiger partial charge in [-0.15, -0.1) is 0 Å². The molecule has 0 atom stereocenters. The topological polar surface area (TPSA) is 30.5 Å². The zero-order valence-electron chi connectivity index (χ0n) is 15.6. The van der Waals surface area contributed by atoms with Gasteiger partial charge in [0.25, 0.3) is 0 Å². The molecule has 0 radical (unpaired) electrons. The first-order valence-corrected chi connectivity index (χ1v) is 10.3. The first-order chi connectivity index (χ1) is 13.5. The maximum absolute atomic E-state index is 6.17. The third-order valence-electron chi connectivity index (χ3n) is 4.24. The molecule has 0 spiro atoms. The third-order valence-corrected chi connectivity index (χ3v) is 5.72. The van der Waals surface area contributed by atoms with Gasteiger partial charge in [-0.3, -0.25) is 0 Å². The highest BCUT2D eigenvalue weighted by Crippen LogP contribution is 2.37. The minimum absolute atomic E-state index is 0.453. The smallest absolute Gasteiger partial charge is 0.167 e. The SMILES string of the molecule is COc1ccc(Br)c(CNc2ccc(Cl)c(Cl)c2)c1OCc1cccc(C)c1. The molecular formula is C22H20BrCl2NO2. The molecule has 3 nitrogen and oxygen atoms in total. The van der Waals surface area contributed by atoms with Crippen molar-refractivity contribution in [3.05, 3.63) is 85.8 Å². The Kier molecular flexibility index (Phi) is 7.11. The summed E-state index contributed by atoms with van der Waals surface area (Å²) in [4.78, 5) is 0. The fourth-order valence-corrected chi connectivity index (χ4v) is 3.57. The lowest BCUT2D eigenvalue weighted by Crippen LogP contribution is -2.06. The highest BCUT2D eigenvalue weighted by Gasteiger charge is 2.15. The number of rotatable bonds is 7. The Morgan fingerprint density at radius 3 is 2.54 bits per heavy atom. The van der Waals surface area contributed by atoms with Crippen LogP contribution >= 0.6 is 39.1 Å². The Morgan fingerprint density at radius 2 is 1.82 bits per heavy atom. The zero-order valence-corrected chi connectivity index (χ0v) is 18.7. The van der Waals surface area contributed by atoms with E-state index in [2.05, 4.69) is 40.3 Å². The molecule has 3 aromatic carbocycles.